The van der Waals surface area contributed by atoms with E-state index in [2.05, 4.69) is 44.2 Å². The maximum Gasteiger partial charge on any atom is 0.222 e. The molecule has 1 atom stereocenters. The highest BCUT2D eigenvalue weighted by atomic mass is 19.1. The molecule has 6 nitrogen and oxygen atoms in total. The minimum Gasteiger partial charge on any atom is -0.346 e. The molecular formula is C28H25FN6. The Morgan fingerprint density at radius 1 is 1.11 bits per heavy atom. The van der Waals surface area contributed by atoms with Gasteiger partial charge in [0.1, 0.15) is 5.82 Å². The van der Waals surface area contributed by atoms with Crippen molar-refractivity contribution in [3.05, 3.63) is 77.8 Å². The number of pyridine rings is 1. The minimum absolute atomic E-state index is 0.0224. The van der Waals surface area contributed by atoms with E-state index in [0.717, 1.165) is 70.4 Å². The van der Waals surface area contributed by atoms with Crippen LogP contribution in [-0.4, -0.2) is 32.4 Å². The Labute approximate surface area is 202 Å². The van der Waals surface area contributed by atoms with Crippen molar-refractivity contribution in [3.8, 4) is 22.4 Å². The van der Waals surface area contributed by atoms with Gasteiger partial charge in [0.2, 0.25) is 5.69 Å². The molecule has 1 aliphatic rings. The summed E-state index contributed by atoms with van der Waals surface area (Å²) in [4.78, 5) is 8.23. The lowest BCUT2D eigenvalue weighted by Crippen LogP contribution is -2.14. The second kappa shape index (κ2) is 8.33. The van der Waals surface area contributed by atoms with Crippen molar-refractivity contribution in [1.82, 2.24) is 24.6 Å². The van der Waals surface area contributed by atoms with Gasteiger partial charge < -0.3 is 9.88 Å². The summed E-state index contributed by atoms with van der Waals surface area (Å²) in [5.41, 5.74) is 6.39. The molecule has 0 unspecified atom stereocenters. The van der Waals surface area contributed by atoms with Crippen LogP contribution >= 0.6 is 0 Å². The number of rotatable bonds is 4. The summed E-state index contributed by atoms with van der Waals surface area (Å²) in [5.74, 6) is 0.0653. The molecule has 1 saturated heterocycles. The highest BCUT2D eigenvalue weighted by molar-refractivity contribution is 6.02. The molecule has 6 rings (SSSR count). The van der Waals surface area contributed by atoms with Crippen LogP contribution in [0.5, 0.6) is 0 Å². The average molecular weight is 465 g/mol. The Morgan fingerprint density at radius 3 is 2.74 bits per heavy atom. The van der Waals surface area contributed by atoms with E-state index in [1.54, 1.807) is 6.07 Å². The van der Waals surface area contributed by atoms with Crippen molar-refractivity contribution in [2.75, 3.05) is 13.1 Å². The number of halogens is 1. The second-order valence-corrected chi connectivity index (χ2v) is 9.33. The quantitative estimate of drug-likeness (QED) is 0.339. The first-order valence-corrected chi connectivity index (χ1v) is 11.8. The molecule has 0 saturated carbocycles. The molecule has 0 bridgehead atoms. The first-order chi connectivity index (χ1) is 17.0. The van der Waals surface area contributed by atoms with E-state index < -0.39 is 5.82 Å². The molecule has 3 aromatic heterocycles. The molecule has 0 aliphatic carbocycles. The largest absolute Gasteiger partial charge is 0.346 e. The first kappa shape index (κ1) is 21.5. The van der Waals surface area contributed by atoms with Gasteiger partial charge >= 0.3 is 0 Å². The van der Waals surface area contributed by atoms with Gasteiger partial charge in [-0.3, -0.25) is 9.67 Å². The summed E-state index contributed by atoms with van der Waals surface area (Å²) in [6.45, 7) is 12.2. The van der Waals surface area contributed by atoms with Crippen LogP contribution in [0, 0.1) is 25.2 Å². The van der Waals surface area contributed by atoms with Crippen LogP contribution in [0.3, 0.4) is 0 Å². The van der Waals surface area contributed by atoms with Crippen molar-refractivity contribution < 1.29 is 4.39 Å². The van der Waals surface area contributed by atoms with Crippen LogP contribution in [0.4, 0.5) is 10.1 Å². The zero-order chi connectivity index (χ0) is 24.1. The maximum absolute atomic E-state index is 14.8. The molecule has 4 heterocycles. The van der Waals surface area contributed by atoms with E-state index in [9.17, 15) is 4.39 Å². The summed E-state index contributed by atoms with van der Waals surface area (Å²) >= 11 is 0. The van der Waals surface area contributed by atoms with E-state index >= 15 is 0 Å². The third-order valence-corrected chi connectivity index (χ3v) is 7.11. The smallest absolute Gasteiger partial charge is 0.222 e. The zero-order valence-corrected chi connectivity index (χ0v) is 19.7. The number of aromatic nitrogens is 4. The fraction of sp³-hybridized carbons (Fsp3) is 0.250. The Morgan fingerprint density at radius 2 is 1.97 bits per heavy atom. The summed E-state index contributed by atoms with van der Waals surface area (Å²) in [5, 5.41) is 10.1. The van der Waals surface area contributed by atoms with Crippen LogP contribution in [-0.2, 0) is 13.6 Å². The average Bonchev–Trinajstić information content (AvgIpc) is 3.59. The molecule has 7 heteroatoms. The van der Waals surface area contributed by atoms with E-state index in [1.807, 2.05) is 37.0 Å². The lowest BCUT2D eigenvalue weighted by molar-refractivity contribution is 0.491. The monoisotopic (exact) mass is 464 g/mol. The number of fused-ring (bicyclic) bond motifs is 2. The van der Waals surface area contributed by atoms with Crippen LogP contribution < -0.4 is 5.32 Å². The summed E-state index contributed by atoms with van der Waals surface area (Å²) in [7, 11) is 1.94. The molecule has 35 heavy (non-hydrogen) atoms. The summed E-state index contributed by atoms with van der Waals surface area (Å²) < 4.78 is 18.9. The van der Waals surface area contributed by atoms with Gasteiger partial charge in [-0.15, -0.1) is 0 Å². The normalized spacial score (nSPS) is 15.8. The molecule has 174 valence electrons. The van der Waals surface area contributed by atoms with Crippen LogP contribution in [0.15, 0.2) is 54.9 Å². The SMILES string of the molecule is [C-]#[N+]c1ccc(-c2c(-c3ccc4c(c3)c(C)nn4C)ncc3c2ccn3C[C@@H]2CCNC2)cc1F. The molecule has 1 N–H and O–H groups in total. The highest BCUT2D eigenvalue weighted by Crippen LogP contribution is 2.39. The van der Waals surface area contributed by atoms with Crippen molar-refractivity contribution in [2.24, 2.45) is 13.0 Å². The summed E-state index contributed by atoms with van der Waals surface area (Å²) in [6.07, 6.45) is 5.20. The van der Waals surface area contributed by atoms with E-state index in [0.29, 0.717) is 11.5 Å². The van der Waals surface area contributed by atoms with Crippen LogP contribution in [0.25, 0.3) is 49.0 Å². The van der Waals surface area contributed by atoms with Gasteiger partial charge in [0.25, 0.3) is 0 Å². The maximum atomic E-state index is 14.8. The molecule has 5 aromatic rings. The molecule has 2 aromatic carbocycles. The standard InChI is InChI=1S/C28H25FN6/c1-17-22-12-20(5-7-25(22)34(3)33-17)28-27(19-4-6-24(30-2)23(29)13-19)21-9-11-35(26(21)15-32-28)16-18-8-10-31-14-18/h4-7,9,11-13,15,18,31H,8,10,14,16H2,1,3H3/t18-/m1/s1. The Hall–Kier alpha value is -4.02. The topological polar surface area (TPSA) is 52.0 Å². The van der Waals surface area contributed by atoms with E-state index in [-0.39, 0.29) is 5.69 Å². The Bertz CT molecular complexity index is 1630. The van der Waals surface area contributed by atoms with Crippen molar-refractivity contribution in [2.45, 2.75) is 19.9 Å². The molecular weight excluding hydrogens is 439 g/mol. The number of hydrogen-bond acceptors (Lipinski definition) is 3. The predicted molar refractivity (Wildman–Crippen MR) is 137 cm³/mol. The van der Waals surface area contributed by atoms with E-state index in [4.69, 9.17) is 11.6 Å². The number of aryl methyl sites for hydroxylation is 2. The van der Waals surface area contributed by atoms with Gasteiger partial charge in [-0.2, -0.15) is 5.10 Å². The van der Waals surface area contributed by atoms with Crippen molar-refractivity contribution in [3.63, 3.8) is 0 Å². The Balaban J connectivity index is 1.57. The van der Waals surface area contributed by atoms with Crippen molar-refractivity contribution >= 4 is 27.5 Å². The molecule has 1 aliphatic heterocycles. The van der Waals surface area contributed by atoms with Crippen LogP contribution in [0.2, 0.25) is 0 Å². The van der Waals surface area contributed by atoms with Crippen molar-refractivity contribution in [1.29, 1.82) is 0 Å². The van der Waals surface area contributed by atoms with E-state index in [1.165, 1.54) is 6.07 Å². The predicted octanol–water partition coefficient (Wildman–Crippen LogP) is 5.86. The zero-order valence-electron chi connectivity index (χ0n) is 19.7. The molecule has 0 amide bonds. The van der Waals surface area contributed by atoms with Gasteiger partial charge in [0, 0.05) is 41.7 Å². The fourth-order valence-electron chi connectivity index (χ4n) is 5.32. The molecule has 1 fully saturated rings. The fourth-order valence-corrected chi connectivity index (χ4v) is 5.32. The number of nitrogens with zero attached hydrogens (tertiary/aromatic N) is 5. The van der Waals surface area contributed by atoms with Crippen LogP contribution in [0.1, 0.15) is 12.1 Å². The highest BCUT2D eigenvalue weighted by Gasteiger charge is 2.20. The Kier molecular flexibility index (Phi) is 5.12. The van der Waals surface area contributed by atoms with Gasteiger partial charge in [0.05, 0.1) is 35.2 Å². The van der Waals surface area contributed by atoms with Gasteiger partial charge in [-0.1, -0.05) is 18.2 Å². The number of hydrogen-bond donors (Lipinski definition) is 1. The third kappa shape index (κ3) is 3.58. The van der Waals surface area contributed by atoms with Gasteiger partial charge in [-0.05, 0) is 62.2 Å². The molecule has 0 spiro atoms. The molecule has 0 radical (unpaired) electrons. The van der Waals surface area contributed by atoms with Gasteiger partial charge in [0.15, 0.2) is 0 Å². The lowest BCUT2D eigenvalue weighted by Gasteiger charge is -2.15. The lowest BCUT2D eigenvalue weighted by atomic mass is 9.95. The second-order valence-electron chi connectivity index (χ2n) is 9.33. The summed E-state index contributed by atoms with van der Waals surface area (Å²) in [6, 6.07) is 13.2. The number of benzene rings is 2. The third-order valence-electron chi connectivity index (χ3n) is 7.11. The number of nitrogens with one attached hydrogen (secondary N) is 1. The first-order valence-electron chi connectivity index (χ1n) is 11.8. The van der Waals surface area contributed by atoms with Gasteiger partial charge in [-0.25, -0.2) is 9.24 Å². The minimum atomic E-state index is -0.518.